The van der Waals surface area contributed by atoms with Crippen molar-refractivity contribution in [2.75, 3.05) is 31.6 Å². The summed E-state index contributed by atoms with van der Waals surface area (Å²) in [5.41, 5.74) is 2.31. The molecule has 0 saturated carbocycles. The van der Waals surface area contributed by atoms with Gasteiger partial charge in [-0.05, 0) is 48.9 Å². The fraction of sp³-hybridized carbons (Fsp3) is 0.280. The molecule has 0 atom stereocenters. The Bertz CT molecular complexity index is 1120. The number of nitrogens with one attached hydrogen (secondary N) is 1. The van der Waals surface area contributed by atoms with Crippen molar-refractivity contribution in [3.8, 4) is 11.3 Å². The lowest BCUT2D eigenvalue weighted by Gasteiger charge is -2.27. The molecule has 0 radical (unpaired) electrons. The molecule has 32 heavy (non-hydrogen) atoms. The van der Waals surface area contributed by atoms with Crippen molar-refractivity contribution in [3.05, 3.63) is 77.3 Å². The smallest absolute Gasteiger partial charge is 0.254 e. The standard InChI is InChI=1S/C25H25FN2O4/c1-17-19(25(30)28-13-15-31-16-14-28)6-4-8-22(17)27-24(29)12-10-18-9-11-23(32-18)20-5-2-3-7-21(20)26/h2-9,11H,10,12-16H2,1H3,(H,27,29). The number of hydrogen-bond acceptors (Lipinski definition) is 4. The molecule has 1 aliphatic heterocycles. The molecule has 2 heterocycles. The average Bonchev–Trinajstić information content (AvgIpc) is 3.28. The number of aryl methyl sites for hydroxylation is 1. The zero-order chi connectivity index (χ0) is 22.5. The van der Waals surface area contributed by atoms with Crippen molar-refractivity contribution >= 4 is 17.5 Å². The molecule has 1 aliphatic rings. The highest BCUT2D eigenvalue weighted by molar-refractivity contribution is 5.99. The number of halogens is 1. The number of carbonyl (C=O) groups excluding carboxylic acids is 2. The van der Waals surface area contributed by atoms with E-state index in [2.05, 4.69) is 5.32 Å². The number of anilines is 1. The molecule has 4 rings (SSSR count). The third kappa shape index (κ3) is 4.89. The second-order valence-corrected chi connectivity index (χ2v) is 7.68. The van der Waals surface area contributed by atoms with Crippen LogP contribution in [0.2, 0.25) is 0 Å². The maximum atomic E-state index is 13.9. The van der Waals surface area contributed by atoms with Crippen molar-refractivity contribution in [1.29, 1.82) is 0 Å². The van der Waals surface area contributed by atoms with Crippen molar-refractivity contribution in [2.45, 2.75) is 19.8 Å². The Labute approximate surface area is 186 Å². The van der Waals surface area contributed by atoms with Crippen molar-refractivity contribution < 1.29 is 23.1 Å². The summed E-state index contributed by atoms with van der Waals surface area (Å²) in [5.74, 6) is 0.439. The summed E-state index contributed by atoms with van der Waals surface area (Å²) in [6.07, 6.45) is 0.580. The second-order valence-electron chi connectivity index (χ2n) is 7.68. The van der Waals surface area contributed by atoms with E-state index in [9.17, 15) is 14.0 Å². The molecular formula is C25H25FN2O4. The first kappa shape index (κ1) is 21.8. The second kappa shape index (κ2) is 9.78. The monoisotopic (exact) mass is 436 g/mol. The molecule has 0 aliphatic carbocycles. The summed E-state index contributed by atoms with van der Waals surface area (Å²) in [6.45, 7) is 4.02. The summed E-state index contributed by atoms with van der Waals surface area (Å²) in [5, 5.41) is 2.89. The highest BCUT2D eigenvalue weighted by atomic mass is 19.1. The molecule has 1 aromatic heterocycles. The maximum absolute atomic E-state index is 13.9. The summed E-state index contributed by atoms with van der Waals surface area (Å²) < 4.78 is 25.0. The first-order valence-electron chi connectivity index (χ1n) is 10.6. The molecule has 0 spiro atoms. The van der Waals surface area contributed by atoms with Crippen LogP contribution in [-0.2, 0) is 16.0 Å². The molecule has 1 fully saturated rings. The average molecular weight is 436 g/mol. The lowest BCUT2D eigenvalue weighted by atomic mass is 10.0. The highest BCUT2D eigenvalue weighted by Crippen LogP contribution is 2.26. The van der Waals surface area contributed by atoms with E-state index in [1.54, 1.807) is 53.4 Å². The van der Waals surface area contributed by atoms with Crippen molar-refractivity contribution in [3.63, 3.8) is 0 Å². The lowest BCUT2D eigenvalue weighted by molar-refractivity contribution is -0.116. The molecule has 0 bridgehead atoms. The minimum Gasteiger partial charge on any atom is -0.461 e. The maximum Gasteiger partial charge on any atom is 0.254 e. The fourth-order valence-electron chi connectivity index (χ4n) is 3.71. The van der Waals surface area contributed by atoms with Gasteiger partial charge in [-0.25, -0.2) is 4.39 Å². The van der Waals surface area contributed by atoms with Crippen LogP contribution in [0.3, 0.4) is 0 Å². The van der Waals surface area contributed by atoms with Crippen LogP contribution in [-0.4, -0.2) is 43.0 Å². The summed E-state index contributed by atoms with van der Waals surface area (Å²) in [7, 11) is 0. The van der Waals surface area contributed by atoms with E-state index in [1.165, 1.54) is 6.07 Å². The fourth-order valence-corrected chi connectivity index (χ4v) is 3.71. The highest BCUT2D eigenvalue weighted by Gasteiger charge is 2.21. The van der Waals surface area contributed by atoms with Gasteiger partial charge in [-0.2, -0.15) is 0 Å². The number of nitrogens with zero attached hydrogens (tertiary/aromatic N) is 1. The Morgan fingerprint density at radius 2 is 1.81 bits per heavy atom. The summed E-state index contributed by atoms with van der Waals surface area (Å²) in [4.78, 5) is 27.1. The predicted octanol–water partition coefficient (Wildman–Crippen LogP) is 4.44. The van der Waals surface area contributed by atoms with E-state index in [4.69, 9.17) is 9.15 Å². The van der Waals surface area contributed by atoms with Gasteiger partial charge in [-0.3, -0.25) is 9.59 Å². The quantitative estimate of drug-likeness (QED) is 0.620. The molecule has 0 unspecified atom stereocenters. The van der Waals surface area contributed by atoms with Gasteiger partial charge in [0, 0.05) is 37.2 Å². The zero-order valence-corrected chi connectivity index (χ0v) is 17.9. The summed E-state index contributed by atoms with van der Waals surface area (Å²) >= 11 is 0. The Kier molecular flexibility index (Phi) is 6.66. The number of furan rings is 1. The number of ether oxygens (including phenoxy) is 1. The SMILES string of the molecule is Cc1c(NC(=O)CCc2ccc(-c3ccccc3F)o2)cccc1C(=O)N1CCOCC1. The Morgan fingerprint density at radius 1 is 1.03 bits per heavy atom. The molecule has 3 aromatic rings. The Balaban J connectivity index is 1.37. The number of rotatable bonds is 6. The minimum atomic E-state index is -0.354. The topological polar surface area (TPSA) is 71.8 Å². The van der Waals surface area contributed by atoms with Crippen LogP contribution >= 0.6 is 0 Å². The third-order valence-corrected chi connectivity index (χ3v) is 5.54. The molecule has 1 N–H and O–H groups in total. The zero-order valence-electron chi connectivity index (χ0n) is 17.9. The van der Waals surface area contributed by atoms with Gasteiger partial charge in [0.1, 0.15) is 17.3 Å². The number of carbonyl (C=O) groups is 2. The predicted molar refractivity (Wildman–Crippen MR) is 119 cm³/mol. The van der Waals surface area contributed by atoms with Crippen molar-refractivity contribution in [1.82, 2.24) is 4.90 Å². The van der Waals surface area contributed by atoms with E-state index in [0.717, 1.165) is 5.56 Å². The lowest BCUT2D eigenvalue weighted by Crippen LogP contribution is -2.41. The molecule has 166 valence electrons. The van der Waals surface area contributed by atoms with E-state index in [1.807, 2.05) is 6.92 Å². The van der Waals surface area contributed by atoms with Gasteiger partial charge in [0.05, 0.1) is 18.8 Å². The molecule has 2 aromatic carbocycles. The van der Waals surface area contributed by atoms with Crippen LogP contribution in [0, 0.1) is 12.7 Å². The molecule has 6 nitrogen and oxygen atoms in total. The number of amides is 2. The van der Waals surface area contributed by atoms with Gasteiger partial charge < -0.3 is 19.4 Å². The normalized spacial score (nSPS) is 13.8. The van der Waals surface area contributed by atoms with E-state index >= 15 is 0 Å². The summed E-state index contributed by atoms with van der Waals surface area (Å²) in [6, 6.07) is 15.2. The minimum absolute atomic E-state index is 0.0573. The Hall–Kier alpha value is -3.45. The third-order valence-electron chi connectivity index (χ3n) is 5.54. The van der Waals surface area contributed by atoms with Gasteiger partial charge >= 0.3 is 0 Å². The molecule has 1 saturated heterocycles. The van der Waals surface area contributed by atoms with E-state index in [-0.39, 0.29) is 24.1 Å². The molecular weight excluding hydrogens is 411 g/mol. The van der Waals surface area contributed by atoms with Crippen LogP contribution in [0.5, 0.6) is 0 Å². The van der Waals surface area contributed by atoms with Crippen LogP contribution < -0.4 is 5.32 Å². The number of hydrogen-bond donors (Lipinski definition) is 1. The van der Waals surface area contributed by atoms with Gasteiger partial charge in [-0.15, -0.1) is 0 Å². The van der Waals surface area contributed by atoms with Gasteiger partial charge in [0.2, 0.25) is 5.91 Å². The number of morpholine rings is 1. The first-order chi connectivity index (χ1) is 15.5. The van der Waals surface area contributed by atoms with Gasteiger partial charge in [0.15, 0.2) is 0 Å². The Morgan fingerprint density at radius 3 is 2.59 bits per heavy atom. The van der Waals surface area contributed by atoms with Crippen LogP contribution in [0.25, 0.3) is 11.3 Å². The van der Waals surface area contributed by atoms with E-state index < -0.39 is 0 Å². The van der Waals surface area contributed by atoms with Crippen LogP contribution in [0.15, 0.2) is 59.0 Å². The van der Waals surface area contributed by atoms with Gasteiger partial charge in [0.25, 0.3) is 5.91 Å². The molecule has 7 heteroatoms. The van der Waals surface area contributed by atoms with Gasteiger partial charge in [-0.1, -0.05) is 18.2 Å². The van der Waals surface area contributed by atoms with Crippen LogP contribution in [0.1, 0.15) is 28.1 Å². The van der Waals surface area contributed by atoms with Crippen LogP contribution in [0.4, 0.5) is 10.1 Å². The first-order valence-corrected chi connectivity index (χ1v) is 10.6. The van der Waals surface area contributed by atoms with Crippen molar-refractivity contribution in [2.24, 2.45) is 0 Å². The number of benzene rings is 2. The largest absolute Gasteiger partial charge is 0.461 e. The van der Waals surface area contributed by atoms with E-state index in [0.29, 0.717) is 61.1 Å². The molecule has 2 amide bonds.